The first-order valence-corrected chi connectivity index (χ1v) is 7.76. The highest BCUT2D eigenvalue weighted by Gasteiger charge is 2.28. The summed E-state index contributed by atoms with van der Waals surface area (Å²) in [7, 11) is 2.15. The molecule has 2 rings (SSSR count). The van der Waals surface area contributed by atoms with E-state index in [2.05, 4.69) is 30.7 Å². The number of hydrogen-bond donors (Lipinski definition) is 1. The van der Waals surface area contributed by atoms with Crippen LogP contribution in [0.15, 0.2) is 24.3 Å². The van der Waals surface area contributed by atoms with Gasteiger partial charge in [0.1, 0.15) is 0 Å². The van der Waals surface area contributed by atoms with E-state index in [4.69, 9.17) is 5.11 Å². The summed E-state index contributed by atoms with van der Waals surface area (Å²) in [6.07, 6.45) is 1.18. The Bertz CT molecular complexity index is 489. The number of likely N-dealkylation sites (tertiary alicyclic amines) is 1. The SMILES string of the molecule is CCN1CCC(N(C)Cc2cccc(C(=O)O)c2)C(C)C1. The van der Waals surface area contributed by atoms with Gasteiger partial charge in [-0.2, -0.15) is 0 Å². The molecule has 0 amide bonds. The minimum absolute atomic E-state index is 0.370. The topological polar surface area (TPSA) is 43.8 Å². The minimum atomic E-state index is -0.857. The highest BCUT2D eigenvalue weighted by Crippen LogP contribution is 2.22. The molecular weight excluding hydrogens is 264 g/mol. The van der Waals surface area contributed by atoms with Gasteiger partial charge in [0, 0.05) is 19.1 Å². The predicted octanol–water partition coefficient (Wildman–Crippen LogP) is 2.55. The Balaban J connectivity index is 1.99. The third kappa shape index (κ3) is 4.05. The van der Waals surface area contributed by atoms with Crippen LogP contribution in [0, 0.1) is 5.92 Å². The van der Waals surface area contributed by atoms with Crippen molar-refractivity contribution >= 4 is 5.97 Å². The van der Waals surface area contributed by atoms with Crippen LogP contribution in [-0.4, -0.2) is 53.6 Å². The van der Waals surface area contributed by atoms with Crippen molar-refractivity contribution in [3.8, 4) is 0 Å². The molecule has 1 aliphatic heterocycles. The molecule has 0 saturated carbocycles. The fraction of sp³-hybridized carbons (Fsp3) is 0.588. The number of piperidine rings is 1. The zero-order chi connectivity index (χ0) is 15.4. The number of rotatable bonds is 5. The molecule has 4 nitrogen and oxygen atoms in total. The monoisotopic (exact) mass is 290 g/mol. The summed E-state index contributed by atoms with van der Waals surface area (Å²) < 4.78 is 0. The van der Waals surface area contributed by atoms with Crippen LogP contribution < -0.4 is 0 Å². The predicted molar refractivity (Wildman–Crippen MR) is 84.6 cm³/mol. The molecule has 116 valence electrons. The number of nitrogens with zero attached hydrogens (tertiary/aromatic N) is 2. The van der Waals surface area contributed by atoms with Crippen LogP contribution in [0.25, 0.3) is 0 Å². The number of carboxylic acid groups (broad SMARTS) is 1. The van der Waals surface area contributed by atoms with E-state index in [1.165, 1.54) is 6.42 Å². The highest BCUT2D eigenvalue weighted by molar-refractivity contribution is 5.87. The van der Waals surface area contributed by atoms with Gasteiger partial charge in [0.2, 0.25) is 0 Å². The Kier molecular flexibility index (Phi) is 5.37. The molecule has 0 aliphatic carbocycles. The van der Waals surface area contributed by atoms with Gasteiger partial charge in [-0.1, -0.05) is 26.0 Å². The zero-order valence-electron chi connectivity index (χ0n) is 13.2. The number of hydrogen-bond acceptors (Lipinski definition) is 3. The lowest BCUT2D eigenvalue weighted by atomic mass is 9.92. The fourth-order valence-corrected chi connectivity index (χ4v) is 3.37. The molecule has 1 aromatic rings. The molecule has 0 bridgehead atoms. The maximum Gasteiger partial charge on any atom is 0.335 e. The van der Waals surface area contributed by atoms with Crippen molar-refractivity contribution in [1.29, 1.82) is 0 Å². The van der Waals surface area contributed by atoms with Crippen molar-refractivity contribution < 1.29 is 9.90 Å². The van der Waals surface area contributed by atoms with Gasteiger partial charge >= 0.3 is 5.97 Å². The lowest BCUT2D eigenvalue weighted by Crippen LogP contribution is -2.48. The Morgan fingerprint density at radius 2 is 2.24 bits per heavy atom. The lowest BCUT2D eigenvalue weighted by molar-refractivity contribution is 0.0695. The Labute approximate surface area is 127 Å². The Morgan fingerprint density at radius 1 is 1.48 bits per heavy atom. The van der Waals surface area contributed by atoms with E-state index in [1.54, 1.807) is 12.1 Å². The second kappa shape index (κ2) is 7.05. The van der Waals surface area contributed by atoms with Crippen LogP contribution in [0.5, 0.6) is 0 Å². The third-order valence-electron chi connectivity index (χ3n) is 4.56. The van der Waals surface area contributed by atoms with Crippen molar-refractivity contribution in [2.24, 2.45) is 5.92 Å². The number of carboxylic acids is 1. The van der Waals surface area contributed by atoms with Crippen LogP contribution in [0.4, 0.5) is 0 Å². The van der Waals surface area contributed by atoms with Gasteiger partial charge in [0.05, 0.1) is 5.56 Å². The van der Waals surface area contributed by atoms with E-state index in [0.717, 1.165) is 31.7 Å². The number of benzene rings is 1. The van der Waals surface area contributed by atoms with Crippen LogP contribution in [0.2, 0.25) is 0 Å². The molecule has 21 heavy (non-hydrogen) atoms. The molecule has 2 unspecified atom stereocenters. The van der Waals surface area contributed by atoms with Gasteiger partial charge in [0.25, 0.3) is 0 Å². The summed E-state index contributed by atoms with van der Waals surface area (Å²) in [4.78, 5) is 15.9. The van der Waals surface area contributed by atoms with E-state index >= 15 is 0 Å². The Morgan fingerprint density at radius 3 is 2.86 bits per heavy atom. The van der Waals surface area contributed by atoms with Crippen molar-refractivity contribution in [3.05, 3.63) is 35.4 Å². The first-order chi connectivity index (χ1) is 10.0. The quantitative estimate of drug-likeness (QED) is 0.905. The van der Waals surface area contributed by atoms with E-state index in [0.29, 0.717) is 17.5 Å². The Hall–Kier alpha value is -1.39. The summed E-state index contributed by atoms with van der Waals surface area (Å²) in [5.41, 5.74) is 1.44. The second-order valence-electron chi connectivity index (χ2n) is 6.15. The summed E-state index contributed by atoms with van der Waals surface area (Å²) in [5, 5.41) is 9.07. The van der Waals surface area contributed by atoms with Gasteiger partial charge in [-0.3, -0.25) is 4.90 Å². The van der Waals surface area contributed by atoms with E-state index in [9.17, 15) is 4.79 Å². The normalized spacial score (nSPS) is 23.4. The first-order valence-electron chi connectivity index (χ1n) is 7.76. The zero-order valence-corrected chi connectivity index (χ0v) is 13.2. The van der Waals surface area contributed by atoms with E-state index < -0.39 is 5.97 Å². The van der Waals surface area contributed by atoms with Gasteiger partial charge in [-0.25, -0.2) is 4.79 Å². The molecule has 0 aromatic heterocycles. The van der Waals surface area contributed by atoms with Gasteiger partial charge in [0.15, 0.2) is 0 Å². The van der Waals surface area contributed by atoms with Crippen LogP contribution >= 0.6 is 0 Å². The van der Waals surface area contributed by atoms with Crippen molar-refractivity contribution in [2.75, 3.05) is 26.7 Å². The summed E-state index contributed by atoms with van der Waals surface area (Å²) in [5.74, 6) is -0.213. The molecule has 0 spiro atoms. The third-order valence-corrected chi connectivity index (χ3v) is 4.56. The molecule has 1 aromatic carbocycles. The maximum absolute atomic E-state index is 11.0. The van der Waals surface area contributed by atoms with Crippen molar-refractivity contribution in [3.63, 3.8) is 0 Å². The second-order valence-corrected chi connectivity index (χ2v) is 6.15. The number of carbonyl (C=O) groups is 1. The van der Waals surface area contributed by atoms with Crippen molar-refractivity contribution in [1.82, 2.24) is 9.80 Å². The molecule has 2 atom stereocenters. The molecule has 1 fully saturated rings. The van der Waals surface area contributed by atoms with Gasteiger partial charge in [-0.05, 0) is 50.2 Å². The first kappa shape index (κ1) is 16.0. The van der Waals surface area contributed by atoms with Gasteiger partial charge in [-0.15, -0.1) is 0 Å². The standard InChI is InChI=1S/C17H26N2O2/c1-4-19-9-8-16(13(2)11-19)18(3)12-14-6-5-7-15(10-14)17(20)21/h5-7,10,13,16H,4,8-9,11-12H2,1-3H3,(H,20,21). The van der Waals surface area contributed by atoms with E-state index in [1.807, 2.05) is 12.1 Å². The molecule has 1 aliphatic rings. The molecule has 1 saturated heterocycles. The maximum atomic E-state index is 11.0. The lowest BCUT2D eigenvalue weighted by Gasteiger charge is -2.41. The van der Waals surface area contributed by atoms with E-state index in [-0.39, 0.29) is 0 Å². The highest BCUT2D eigenvalue weighted by atomic mass is 16.4. The summed E-state index contributed by atoms with van der Waals surface area (Å²) in [6.45, 7) is 8.78. The largest absolute Gasteiger partial charge is 0.478 e. The molecule has 1 heterocycles. The molecular formula is C17H26N2O2. The van der Waals surface area contributed by atoms with Gasteiger partial charge < -0.3 is 10.0 Å². The molecule has 4 heteroatoms. The molecule has 0 radical (unpaired) electrons. The summed E-state index contributed by atoms with van der Waals surface area (Å²) >= 11 is 0. The summed E-state index contributed by atoms with van der Waals surface area (Å²) in [6, 6.07) is 7.84. The smallest absolute Gasteiger partial charge is 0.335 e. The number of aromatic carboxylic acids is 1. The van der Waals surface area contributed by atoms with Crippen molar-refractivity contribution in [2.45, 2.75) is 32.9 Å². The average Bonchev–Trinajstić information content (AvgIpc) is 2.47. The fourth-order valence-electron chi connectivity index (χ4n) is 3.37. The van der Waals surface area contributed by atoms with Crippen LogP contribution in [0.3, 0.4) is 0 Å². The average molecular weight is 290 g/mol. The van der Waals surface area contributed by atoms with Crippen LogP contribution in [-0.2, 0) is 6.54 Å². The minimum Gasteiger partial charge on any atom is -0.478 e. The molecule has 1 N–H and O–H groups in total. The van der Waals surface area contributed by atoms with Crippen LogP contribution in [0.1, 0.15) is 36.2 Å².